The van der Waals surface area contributed by atoms with Gasteiger partial charge in [0.05, 0.1) is 15.8 Å². The number of aromatic nitrogens is 3. The van der Waals surface area contributed by atoms with Gasteiger partial charge in [-0.2, -0.15) is 4.98 Å². The Morgan fingerprint density at radius 2 is 2.44 bits per heavy atom. The molecule has 0 aliphatic carbocycles. The fourth-order valence-corrected chi connectivity index (χ4v) is 2.04. The molecule has 16 heavy (non-hydrogen) atoms. The maximum atomic E-state index is 11.6. The smallest absolute Gasteiger partial charge is 0.261 e. The predicted molar refractivity (Wildman–Crippen MR) is 61.3 cm³/mol. The summed E-state index contributed by atoms with van der Waals surface area (Å²) in [6.45, 7) is 0.249. The van der Waals surface area contributed by atoms with Crippen molar-refractivity contribution in [2.75, 3.05) is 5.73 Å². The monoisotopic (exact) mass is 257 g/mol. The summed E-state index contributed by atoms with van der Waals surface area (Å²) in [5.41, 5.74) is 5.32. The first kappa shape index (κ1) is 10.9. The largest absolute Gasteiger partial charge is 0.367 e. The molecule has 0 aromatic carbocycles. The molecule has 2 heterocycles. The number of thiophene rings is 1. The van der Waals surface area contributed by atoms with Crippen LogP contribution in [0, 0.1) is 0 Å². The number of nitrogens with one attached hydrogen (secondary N) is 2. The third-order valence-electron chi connectivity index (χ3n) is 1.76. The number of H-pyrrole nitrogens is 1. The molecular weight excluding hydrogens is 250 g/mol. The number of aromatic amines is 1. The van der Waals surface area contributed by atoms with Crippen LogP contribution in [0.1, 0.15) is 15.5 Å². The molecular formula is C8H8ClN5OS. The van der Waals surface area contributed by atoms with Crippen LogP contribution in [0.25, 0.3) is 0 Å². The number of anilines is 1. The minimum Gasteiger partial charge on any atom is -0.367 e. The highest BCUT2D eigenvalue weighted by molar-refractivity contribution is 7.17. The number of rotatable bonds is 3. The summed E-state index contributed by atoms with van der Waals surface area (Å²) in [6.07, 6.45) is 0. The molecule has 0 fully saturated rings. The van der Waals surface area contributed by atoms with E-state index in [9.17, 15) is 4.79 Å². The van der Waals surface area contributed by atoms with Gasteiger partial charge in [-0.15, -0.1) is 16.4 Å². The van der Waals surface area contributed by atoms with Crippen LogP contribution in [0.2, 0.25) is 4.34 Å². The molecule has 1 amide bonds. The minimum atomic E-state index is -0.202. The van der Waals surface area contributed by atoms with E-state index in [4.69, 9.17) is 17.3 Å². The second-order valence-corrected chi connectivity index (χ2v) is 4.64. The van der Waals surface area contributed by atoms with E-state index in [1.54, 1.807) is 12.1 Å². The molecule has 0 unspecified atom stereocenters. The van der Waals surface area contributed by atoms with Crippen LogP contribution in [-0.4, -0.2) is 21.1 Å². The number of nitrogen functional groups attached to an aromatic ring is 1. The second kappa shape index (κ2) is 4.50. The van der Waals surface area contributed by atoms with Gasteiger partial charge in [0, 0.05) is 0 Å². The summed E-state index contributed by atoms with van der Waals surface area (Å²) < 4.78 is 0.578. The number of amides is 1. The highest BCUT2D eigenvalue weighted by atomic mass is 35.5. The van der Waals surface area contributed by atoms with Crippen LogP contribution in [0.4, 0.5) is 5.95 Å². The Morgan fingerprint density at radius 3 is 3.00 bits per heavy atom. The van der Waals surface area contributed by atoms with Gasteiger partial charge >= 0.3 is 0 Å². The molecule has 2 aromatic rings. The molecule has 0 radical (unpaired) electrons. The van der Waals surface area contributed by atoms with Crippen molar-refractivity contribution in [1.29, 1.82) is 0 Å². The molecule has 2 aromatic heterocycles. The summed E-state index contributed by atoms with van der Waals surface area (Å²) in [7, 11) is 0. The van der Waals surface area contributed by atoms with E-state index < -0.39 is 0 Å². The lowest BCUT2D eigenvalue weighted by Crippen LogP contribution is -2.22. The molecule has 0 bridgehead atoms. The van der Waals surface area contributed by atoms with Crippen molar-refractivity contribution in [3.05, 3.63) is 27.2 Å². The lowest BCUT2D eigenvalue weighted by molar-refractivity contribution is 0.0954. The van der Waals surface area contributed by atoms with Crippen LogP contribution in [0.3, 0.4) is 0 Å². The second-order valence-electron chi connectivity index (χ2n) is 2.93. The van der Waals surface area contributed by atoms with Crippen molar-refractivity contribution in [3.8, 4) is 0 Å². The molecule has 6 nitrogen and oxygen atoms in total. The lowest BCUT2D eigenvalue weighted by atomic mass is 10.4. The van der Waals surface area contributed by atoms with E-state index in [0.29, 0.717) is 15.0 Å². The summed E-state index contributed by atoms with van der Waals surface area (Å²) in [5.74, 6) is 0.462. The molecule has 4 N–H and O–H groups in total. The van der Waals surface area contributed by atoms with Gasteiger partial charge in [-0.1, -0.05) is 11.6 Å². The molecule has 0 aliphatic heterocycles. The lowest BCUT2D eigenvalue weighted by Gasteiger charge is -1.99. The Bertz CT molecular complexity index is 508. The first-order valence-corrected chi connectivity index (χ1v) is 5.55. The molecule has 0 spiro atoms. The number of nitrogens with zero attached hydrogens (tertiary/aromatic N) is 2. The van der Waals surface area contributed by atoms with Gasteiger partial charge in [0.25, 0.3) is 5.91 Å². The Labute approximate surface area is 99.8 Å². The van der Waals surface area contributed by atoms with Gasteiger partial charge in [-0.25, -0.2) is 0 Å². The van der Waals surface area contributed by atoms with Gasteiger partial charge in [0.1, 0.15) is 5.82 Å². The Hall–Kier alpha value is -1.60. The average molecular weight is 258 g/mol. The summed E-state index contributed by atoms with van der Waals surface area (Å²) in [4.78, 5) is 16.0. The quantitative estimate of drug-likeness (QED) is 0.765. The SMILES string of the molecule is Nc1n[nH]c(CNC(=O)c2ccc(Cl)s2)n1. The Balaban J connectivity index is 1.93. The standard InChI is InChI=1S/C8H8ClN5OS/c9-5-2-1-4(16-5)7(15)11-3-6-12-8(10)14-13-6/h1-2H,3H2,(H,11,15)(H3,10,12,13,14). The number of halogens is 1. The van der Waals surface area contributed by atoms with Crippen molar-refractivity contribution in [3.63, 3.8) is 0 Å². The number of hydrogen-bond acceptors (Lipinski definition) is 5. The third kappa shape index (κ3) is 2.50. The fraction of sp³-hybridized carbons (Fsp3) is 0.125. The van der Waals surface area contributed by atoms with Crippen LogP contribution < -0.4 is 11.1 Å². The van der Waals surface area contributed by atoms with Crippen LogP contribution in [0.15, 0.2) is 12.1 Å². The van der Waals surface area contributed by atoms with E-state index in [1.807, 2.05) is 0 Å². The van der Waals surface area contributed by atoms with E-state index >= 15 is 0 Å². The highest BCUT2D eigenvalue weighted by Crippen LogP contribution is 2.21. The van der Waals surface area contributed by atoms with Crippen molar-refractivity contribution in [2.45, 2.75) is 6.54 Å². The van der Waals surface area contributed by atoms with E-state index in [-0.39, 0.29) is 18.4 Å². The zero-order chi connectivity index (χ0) is 11.5. The normalized spacial score (nSPS) is 10.3. The average Bonchev–Trinajstić information content (AvgIpc) is 2.84. The molecule has 0 aliphatic rings. The van der Waals surface area contributed by atoms with Gasteiger partial charge < -0.3 is 11.1 Å². The van der Waals surface area contributed by atoms with Crippen molar-refractivity contribution >= 4 is 34.8 Å². The van der Waals surface area contributed by atoms with Crippen LogP contribution in [0.5, 0.6) is 0 Å². The van der Waals surface area contributed by atoms with Crippen molar-refractivity contribution < 1.29 is 4.79 Å². The molecule has 0 saturated carbocycles. The van der Waals surface area contributed by atoms with Gasteiger partial charge in [0.2, 0.25) is 5.95 Å². The number of carbonyl (C=O) groups is 1. The van der Waals surface area contributed by atoms with Crippen molar-refractivity contribution in [1.82, 2.24) is 20.5 Å². The molecule has 0 saturated heterocycles. The summed E-state index contributed by atoms with van der Waals surface area (Å²) >= 11 is 6.94. The highest BCUT2D eigenvalue weighted by Gasteiger charge is 2.09. The fourth-order valence-electron chi connectivity index (χ4n) is 1.08. The van der Waals surface area contributed by atoms with E-state index in [1.165, 1.54) is 11.3 Å². The van der Waals surface area contributed by atoms with Gasteiger partial charge in [-0.3, -0.25) is 9.89 Å². The number of carbonyl (C=O) groups excluding carboxylic acids is 1. The number of nitrogens with two attached hydrogens (primary N) is 1. The molecule has 84 valence electrons. The zero-order valence-corrected chi connectivity index (χ0v) is 9.60. The summed E-state index contributed by atoms with van der Waals surface area (Å²) in [5, 5.41) is 8.90. The zero-order valence-electron chi connectivity index (χ0n) is 8.03. The summed E-state index contributed by atoms with van der Waals surface area (Å²) in [6, 6.07) is 3.34. The van der Waals surface area contributed by atoms with Gasteiger partial charge in [-0.05, 0) is 12.1 Å². The van der Waals surface area contributed by atoms with Crippen molar-refractivity contribution in [2.24, 2.45) is 0 Å². The Kier molecular flexibility index (Phi) is 3.07. The third-order valence-corrected chi connectivity index (χ3v) is 2.99. The Morgan fingerprint density at radius 1 is 1.62 bits per heavy atom. The molecule has 2 rings (SSSR count). The van der Waals surface area contributed by atoms with Gasteiger partial charge in [0.15, 0.2) is 0 Å². The maximum Gasteiger partial charge on any atom is 0.261 e. The van der Waals surface area contributed by atoms with E-state index in [2.05, 4.69) is 20.5 Å². The predicted octanol–water partition coefficient (Wildman–Crippen LogP) is 1.03. The maximum absolute atomic E-state index is 11.6. The van der Waals surface area contributed by atoms with Crippen LogP contribution in [-0.2, 0) is 6.54 Å². The molecule has 8 heteroatoms. The first-order valence-electron chi connectivity index (χ1n) is 4.35. The number of hydrogen-bond donors (Lipinski definition) is 3. The van der Waals surface area contributed by atoms with Crippen LogP contribution >= 0.6 is 22.9 Å². The van der Waals surface area contributed by atoms with E-state index in [0.717, 1.165) is 0 Å². The minimum absolute atomic E-state index is 0.156. The molecule has 0 atom stereocenters. The first-order chi connectivity index (χ1) is 7.65. The topological polar surface area (TPSA) is 96.7 Å².